The van der Waals surface area contributed by atoms with Crippen LogP contribution in [0.3, 0.4) is 0 Å². The quantitative estimate of drug-likeness (QED) is 0.816. The van der Waals surface area contributed by atoms with Gasteiger partial charge < -0.3 is 15.0 Å². The molecule has 0 aromatic heterocycles. The van der Waals surface area contributed by atoms with Gasteiger partial charge in [-0.3, -0.25) is 4.79 Å². The molecule has 3 unspecified atom stereocenters. The lowest BCUT2D eigenvalue weighted by molar-refractivity contribution is -0.132. The van der Waals surface area contributed by atoms with Gasteiger partial charge in [-0.1, -0.05) is 13.8 Å². The molecule has 4 nitrogen and oxygen atoms in total. The van der Waals surface area contributed by atoms with Gasteiger partial charge in [0.2, 0.25) is 5.91 Å². The van der Waals surface area contributed by atoms with Gasteiger partial charge in [0.1, 0.15) is 0 Å². The van der Waals surface area contributed by atoms with Crippen LogP contribution >= 0.6 is 0 Å². The maximum absolute atomic E-state index is 12.4. The normalized spacial score (nSPS) is 36.9. The Morgan fingerprint density at radius 3 is 2.72 bits per heavy atom. The van der Waals surface area contributed by atoms with Crippen molar-refractivity contribution in [3.63, 3.8) is 0 Å². The molecule has 0 aromatic carbocycles. The van der Waals surface area contributed by atoms with Crippen molar-refractivity contribution in [3.8, 4) is 0 Å². The van der Waals surface area contributed by atoms with E-state index in [0.717, 1.165) is 31.9 Å². The molecule has 4 heteroatoms. The van der Waals surface area contributed by atoms with E-state index in [1.165, 1.54) is 12.8 Å². The van der Waals surface area contributed by atoms with Gasteiger partial charge in [-0.15, -0.1) is 0 Å². The lowest BCUT2D eigenvalue weighted by Gasteiger charge is -2.29. The van der Waals surface area contributed by atoms with Crippen LogP contribution in [0.5, 0.6) is 0 Å². The highest BCUT2D eigenvalue weighted by molar-refractivity contribution is 5.84. The molecule has 18 heavy (non-hydrogen) atoms. The Balaban J connectivity index is 1.64. The Hall–Kier alpha value is -0.610. The third-order valence-electron chi connectivity index (χ3n) is 4.36. The van der Waals surface area contributed by atoms with E-state index in [4.69, 9.17) is 4.74 Å². The molecule has 1 amide bonds. The monoisotopic (exact) mass is 252 g/mol. The summed E-state index contributed by atoms with van der Waals surface area (Å²) in [5.41, 5.74) is 0. The van der Waals surface area contributed by atoms with E-state index in [2.05, 4.69) is 24.1 Å². The van der Waals surface area contributed by atoms with Crippen molar-refractivity contribution >= 4 is 5.91 Å². The van der Waals surface area contributed by atoms with Crippen LogP contribution in [-0.2, 0) is 9.53 Å². The molecule has 0 spiro atoms. The van der Waals surface area contributed by atoms with Crippen LogP contribution in [0.25, 0.3) is 0 Å². The first-order chi connectivity index (χ1) is 8.66. The number of ether oxygens (including phenoxy) is 1. The number of rotatable bonds is 4. The lowest BCUT2D eigenvalue weighted by Crippen LogP contribution is -2.47. The number of hydrogen-bond acceptors (Lipinski definition) is 3. The maximum Gasteiger partial charge on any atom is 0.240 e. The van der Waals surface area contributed by atoms with E-state index in [1.54, 1.807) is 0 Å². The Bertz CT molecular complexity index is 328. The Morgan fingerprint density at radius 2 is 2.06 bits per heavy atom. The minimum absolute atomic E-state index is 0.0328. The Kier molecular flexibility index (Phi) is 3.32. The average molecular weight is 252 g/mol. The molecular formula is C14H24N2O2. The zero-order valence-corrected chi connectivity index (χ0v) is 11.4. The average Bonchev–Trinajstić information content (AvgIpc) is 2.96. The molecule has 0 aromatic rings. The summed E-state index contributed by atoms with van der Waals surface area (Å²) >= 11 is 0. The van der Waals surface area contributed by atoms with E-state index in [1.807, 2.05) is 0 Å². The first-order valence-electron chi connectivity index (χ1n) is 7.35. The summed E-state index contributed by atoms with van der Waals surface area (Å²) in [5, 5.41) is 3.37. The number of nitrogens with one attached hydrogen (secondary N) is 1. The maximum atomic E-state index is 12.4. The van der Waals surface area contributed by atoms with Crippen LogP contribution in [-0.4, -0.2) is 48.2 Å². The first kappa shape index (κ1) is 12.4. The number of carbonyl (C=O) groups is 1. The van der Waals surface area contributed by atoms with Crippen molar-refractivity contribution in [2.24, 2.45) is 5.92 Å². The Morgan fingerprint density at radius 1 is 1.28 bits per heavy atom. The summed E-state index contributed by atoms with van der Waals surface area (Å²) in [6.07, 6.45) is 4.88. The third-order valence-corrected chi connectivity index (χ3v) is 4.36. The van der Waals surface area contributed by atoms with Gasteiger partial charge >= 0.3 is 0 Å². The first-order valence-corrected chi connectivity index (χ1v) is 7.35. The van der Waals surface area contributed by atoms with Crippen LogP contribution in [0, 0.1) is 5.92 Å². The fourth-order valence-corrected chi connectivity index (χ4v) is 3.40. The molecule has 1 N–H and O–H groups in total. The minimum atomic E-state index is 0.0328. The molecule has 3 fully saturated rings. The van der Waals surface area contributed by atoms with Gasteiger partial charge in [0.15, 0.2) is 0 Å². The van der Waals surface area contributed by atoms with Crippen LogP contribution in [0.2, 0.25) is 0 Å². The van der Waals surface area contributed by atoms with Gasteiger partial charge in [0, 0.05) is 19.2 Å². The zero-order valence-electron chi connectivity index (χ0n) is 11.4. The number of nitrogens with zero attached hydrogens (tertiary/aromatic N) is 1. The van der Waals surface area contributed by atoms with Crippen LogP contribution in [0.15, 0.2) is 0 Å². The summed E-state index contributed by atoms with van der Waals surface area (Å²) in [6, 6.07) is 0.757. The van der Waals surface area contributed by atoms with Crippen molar-refractivity contribution in [1.82, 2.24) is 10.2 Å². The van der Waals surface area contributed by atoms with E-state index in [0.29, 0.717) is 24.1 Å². The highest BCUT2D eigenvalue weighted by Crippen LogP contribution is 2.41. The van der Waals surface area contributed by atoms with Gasteiger partial charge in [0.25, 0.3) is 0 Å². The highest BCUT2D eigenvalue weighted by Gasteiger charge is 2.47. The summed E-state index contributed by atoms with van der Waals surface area (Å²) in [4.78, 5) is 14.5. The fourth-order valence-electron chi connectivity index (χ4n) is 3.40. The van der Waals surface area contributed by atoms with Crippen molar-refractivity contribution in [1.29, 1.82) is 0 Å². The van der Waals surface area contributed by atoms with Gasteiger partial charge in [0.05, 0.1) is 18.2 Å². The third kappa shape index (κ3) is 2.28. The van der Waals surface area contributed by atoms with Crippen molar-refractivity contribution in [2.75, 3.05) is 13.2 Å². The van der Waals surface area contributed by atoms with Gasteiger partial charge in [-0.2, -0.15) is 0 Å². The topological polar surface area (TPSA) is 41.6 Å². The lowest BCUT2D eigenvalue weighted by atomic mass is 10.0. The number of carbonyl (C=O) groups excluding carboxylic acids is 1. The van der Waals surface area contributed by atoms with E-state index in [-0.39, 0.29) is 6.04 Å². The molecule has 3 rings (SSSR count). The summed E-state index contributed by atoms with van der Waals surface area (Å²) < 4.78 is 5.85. The largest absolute Gasteiger partial charge is 0.376 e. The summed E-state index contributed by atoms with van der Waals surface area (Å²) in [5.74, 6) is 1.02. The van der Waals surface area contributed by atoms with E-state index >= 15 is 0 Å². The number of amides is 1. The summed E-state index contributed by atoms with van der Waals surface area (Å²) in [6.45, 7) is 5.93. The molecular weight excluding hydrogens is 228 g/mol. The second-order valence-electron chi connectivity index (χ2n) is 6.22. The molecule has 3 aliphatic rings. The standard InChI is InChI=1S/C14H24N2O2/c1-9(2)15-11-5-7-16(14(11)17)12-6-8-18-13(12)10-3-4-10/h9-13,15H,3-8H2,1-2H3. The van der Waals surface area contributed by atoms with Crippen LogP contribution in [0.1, 0.15) is 39.5 Å². The smallest absolute Gasteiger partial charge is 0.240 e. The second kappa shape index (κ2) is 4.82. The molecule has 2 aliphatic heterocycles. The number of hydrogen-bond donors (Lipinski definition) is 1. The van der Waals surface area contributed by atoms with Crippen LogP contribution < -0.4 is 5.32 Å². The molecule has 0 radical (unpaired) electrons. The van der Waals surface area contributed by atoms with Gasteiger partial charge in [-0.25, -0.2) is 0 Å². The Labute approximate surface area is 109 Å². The molecule has 2 saturated heterocycles. The number of likely N-dealkylation sites (tertiary alicyclic amines) is 1. The van der Waals surface area contributed by atoms with Crippen molar-refractivity contribution < 1.29 is 9.53 Å². The predicted octanol–water partition coefficient (Wildman–Crippen LogP) is 1.15. The SMILES string of the molecule is CC(C)NC1CCN(C2CCOC2C2CC2)C1=O. The minimum Gasteiger partial charge on any atom is -0.376 e. The van der Waals surface area contributed by atoms with Crippen molar-refractivity contribution in [3.05, 3.63) is 0 Å². The molecule has 3 atom stereocenters. The molecule has 1 aliphatic carbocycles. The van der Waals surface area contributed by atoms with Gasteiger partial charge in [-0.05, 0) is 31.6 Å². The molecule has 2 heterocycles. The molecule has 102 valence electrons. The predicted molar refractivity (Wildman–Crippen MR) is 69.3 cm³/mol. The van der Waals surface area contributed by atoms with Crippen LogP contribution in [0.4, 0.5) is 0 Å². The van der Waals surface area contributed by atoms with E-state index in [9.17, 15) is 4.79 Å². The fraction of sp³-hybridized carbons (Fsp3) is 0.929. The molecule has 0 bridgehead atoms. The zero-order chi connectivity index (χ0) is 12.7. The van der Waals surface area contributed by atoms with Crippen molar-refractivity contribution in [2.45, 2.75) is 63.8 Å². The second-order valence-corrected chi connectivity index (χ2v) is 6.22. The molecule has 1 saturated carbocycles. The van der Waals surface area contributed by atoms with E-state index < -0.39 is 0 Å². The highest BCUT2D eigenvalue weighted by atomic mass is 16.5. The summed E-state index contributed by atoms with van der Waals surface area (Å²) in [7, 11) is 0.